The molecule has 290 valence electrons. The second-order valence-corrected chi connectivity index (χ2v) is 16.4. The number of nitrogens with zero attached hydrogens (tertiary/aromatic N) is 6. The van der Waals surface area contributed by atoms with Gasteiger partial charge in [0.1, 0.15) is 17.9 Å². The van der Waals surface area contributed by atoms with E-state index in [9.17, 15) is 24.0 Å². The first kappa shape index (κ1) is 36.4. The molecule has 0 radical (unpaired) electrons. The number of nitrogens with one attached hydrogen (secondary N) is 2. The van der Waals surface area contributed by atoms with Crippen LogP contribution in [0.4, 0.5) is 15.8 Å². The van der Waals surface area contributed by atoms with E-state index >= 15 is 0 Å². The fourth-order valence-electron chi connectivity index (χ4n) is 9.78. The molecular weight excluding hydrogens is 708 g/mol. The Hall–Kier alpha value is -5.25. The molecule has 1 unspecified atom stereocenters. The normalized spacial score (nSPS) is 21.8. The average molecular weight is 757 g/mol. The molecule has 3 aromatic carbocycles. The number of rotatable bonds is 8. The molecule has 5 aliphatic rings. The van der Waals surface area contributed by atoms with E-state index in [1.165, 1.54) is 17.2 Å². The summed E-state index contributed by atoms with van der Waals surface area (Å²) in [6, 6.07) is 20.2. The number of aromatic amines is 1. The zero-order valence-corrected chi connectivity index (χ0v) is 31.8. The second kappa shape index (κ2) is 15.4. The lowest BCUT2D eigenvalue weighted by molar-refractivity contribution is -0.136. The summed E-state index contributed by atoms with van der Waals surface area (Å²) in [5.74, 6) is 0.0609. The maximum atomic E-state index is 14.5. The summed E-state index contributed by atoms with van der Waals surface area (Å²) in [4.78, 5) is 51.9. The number of piperazine rings is 1. The van der Waals surface area contributed by atoms with E-state index in [0.717, 1.165) is 108 Å². The number of fused-ring (bicyclic) bond motifs is 2. The lowest BCUT2D eigenvalue weighted by Crippen LogP contribution is -2.52. The van der Waals surface area contributed by atoms with Gasteiger partial charge in [-0.15, -0.1) is 0 Å². The summed E-state index contributed by atoms with van der Waals surface area (Å²) in [5.41, 5.74) is 7.55. The average Bonchev–Trinajstić information content (AvgIpc) is 3.81. The van der Waals surface area contributed by atoms with Crippen molar-refractivity contribution in [2.24, 2.45) is 5.92 Å². The quantitative estimate of drug-likeness (QED) is 0.231. The molecule has 1 atom stereocenters. The van der Waals surface area contributed by atoms with Gasteiger partial charge >= 0.3 is 0 Å². The third-order valence-electron chi connectivity index (χ3n) is 13.0. The van der Waals surface area contributed by atoms with E-state index in [2.05, 4.69) is 66.3 Å². The molecule has 4 aromatic rings. The first-order valence-electron chi connectivity index (χ1n) is 20.3. The molecule has 4 fully saturated rings. The standard InChI is InChI=1S/C44H49FN8O3/c45-37-7-8-38(42-41(37)34(24-46)25-47-42)52-17-13-32(14-18-52)31-3-1-29(2-4-31)26-49-19-21-50(22-20-49)27-30-11-15-51(16-12-30)35-5-6-36-33(23-35)28-53(44(36)56)39-9-10-40(54)48-43(39)55/h1-8,23,25,30,32,39,47H,9-22,26-28H2,(H,48,54,55). The molecule has 0 spiro atoms. The van der Waals surface area contributed by atoms with Crippen LogP contribution in [0.1, 0.15) is 77.1 Å². The van der Waals surface area contributed by atoms with Crippen LogP contribution in [0.3, 0.4) is 0 Å². The van der Waals surface area contributed by atoms with Crippen molar-refractivity contribution in [1.82, 2.24) is 25.0 Å². The fourth-order valence-corrected chi connectivity index (χ4v) is 9.78. The summed E-state index contributed by atoms with van der Waals surface area (Å²) in [5, 5.41) is 12.2. The maximum Gasteiger partial charge on any atom is 0.255 e. The predicted octanol–water partition coefficient (Wildman–Crippen LogP) is 5.36. The molecule has 9 rings (SSSR count). The van der Waals surface area contributed by atoms with Crippen LogP contribution in [0.25, 0.3) is 10.9 Å². The van der Waals surface area contributed by atoms with Crippen LogP contribution in [0.15, 0.2) is 60.8 Å². The number of carbonyl (C=O) groups excluding carboxylic acids is 3. The van der Waals surface area contributed by atoms with E-state index in [1.54, 1.807) is 11.1 Å². The van der Waals surface area contributed by atoms with E-state index in [-0.39, 0.29) is 30.0 Å². The fraction of sp³-hybridized carbons (Fsp3) is 0.455. The van der Waals surface area contributed by atoms with Crippen LogP contribution in [-0.2, 0) is 22.7 Å². The van der Waals surface area contributed by atoms with Gasteiger partial charge in [0.15, 0.2) is 0 Å². The zero-order valence-electron chi connectivity index (χ0n) is 31.8. The predicted molar refractivity (Wildman–Crippen MR) is 213 cm³/mol. The largest absolute Gasteiger partial charge is 0.372 e. The van der Waals surface area contributed by atoms with Gasteiger partial charge in [0.05, 0.1) is 22.2 Å². The number of H-pyrrole nitrogens is 1. The minimum atomic E-state index is -0.586. The monoisotopic (exact) mass is 756 g/mol. The third-order valence-corrected chi connectivity index (χ3v) is 13.0. The molecule has 0 saturated carbocycles. The van der Waals surface area contributed by atoms with Gasteiger partial charge in [-0.05, 0) is 91.0 Å². The highest BCUT2D eigenvalue weighted by Gasteiger charge is 2.39. The summed E-state index contributed by atoms with van der Waals surface area (Å²) >= 11 is 0. The SMILES string of the molecule is N#Cc1c[nH]c2c(N3CCC(c4ccc(CN5CCN(CC6CCN(c7ccc8c(c7)CN(C7CCC(=O)NC7=O)C8=O)CC6)CC5)cc4)CC3)ccc(F)c12. The van der Waals surface area contributed by atoms with Crippen molar-refractivity contribution in [2.75, 3.05) is 68.7 Å². The minimum Gasteiger partial charge on any atom is -0.372 e. The summed E-state index contributed by atoms with van der Waals surface area (Å²) in [6.45, 7) is 10.7. The molecule has 11 nitrogen and oxygen atoms in total. The highest BCUT2D eigenvalue weighted by molar-refractivity contribution is 6.05. The number of halogens is 1. The Morgan fingerprint density at radius 1 is 0.804 bits per heavy atom. The lowest BCUT2D eigenvalue weighted by Gasteiger charge is -2.39. The van der Waals surface area contributed by atoms with E-state index < -0.39 is 6.04 Å². The van der Waals surface area contributed by atoms with Gasteiger partial charge in [-0.25, -0.2) is 4.39 Å². The first-order chi connectivity index (χ1) is 27.3. The Kier molecular flexibility index (Phi) is 9.98. The van der Waals surface area contributed by atoms with Crippen LogP contribution in [0.5, 0.6) is 0 Å². The Labute approximate surface area is 327 Å². The molecule has 6 heterocycles. The number of benzene rings is 3. The van der Waals surface area contributed by atoms with Gasteiger partial charge < -0.3 is 24.6 Å². The Morgan fingerprint density at radius 3 is 2.27 bits per heavy atom. The number of anilines is 2. The van der Waals surface area contributed by atoms with Crippen LogP contribution < -0.4 is 15.1 Å². The van der Waals surface area contributed by atoms with Crippen LogP contribution in [-0.4, -0.2) is 102 Å². The van der Waals surface area contributed by atoms with E-state index in [0.29, 0.717) is 46.8 Å². The molecule has 4 saturated heterocycles. The van der Waals surface area contributed by atoms with Crippen molar-refractivity contribution in [2.45, 2.75) is 63.6 Å². The minimum absolute atomic E-state index is 0.122. The Morgan fingerprint density at radius 2 is 1.54 bits per heavy atom. The maximum absolute atomic E-state index is 14.5. The Balaban J connectivity index is 0.705. The van der Waals surface area contributed by atoms with Gasteiger partial charge in [-0.3, -0.25) is 24.6 Å². The molecule has 1 aromatic heterocycles. The molecule has 5 aliphatic heterocycles. The molecule has 0 aliphatic carbocycles. The van der Waals surface area contributed by atoms with Gasteiger partial charge in [0, 0.05) is 95.9 Å². The number of amides is 3. The number of nitriles is 1. The van der Waals surface area contributed by atoms with Crippen molar-refractivity contribution in [3.63, 3.8) is 0 Å². The van der Waals surface area contributed by atoms with Crippen molar-refractivity contribution >= 4 is 40.0 Å². The first-order valence-corrected chi connectivity index (χ1v) is 20.3. The smallest absolute Gasteiger partial charge is 0.255 e. The van der Waals surface area contributed by atoms with Crippen molar-refractivity contribution < 1.29 is 18.8 Å². The van der Waals surface area contributed by atoms with Crippen LogP contribution in [0.2, 0.25) is 0 Å². The number of piperidine rings is 3. The lowest BCUT2D eigenvalue weighted by atomic mass is 9.88. The van der Waals surface area contributed by atoms with Gasteiger partial charge in [0.25, 0.3) is 5.91 Å². The molecule has 12 heteroatoms. The number of imide groups is 1. The number of hydrogen-bond donors (Lipinski definition) is 2. The number of aromatic nitrogens is 1. The van der Waals surface area contributed by atoms with Crippen molar-refractivity contribution in [3.8, 4) is 6.07 Å². The van der Waals surface area contributed by atoms with Crippen molar-refractivity contribution in [3.05, 3.63) is 94.4 Å². The summed E-state index contributed by atoms with van der Waals surface area (Å²) < 4.78 is 14.5. The topological polar surface area (TPSA) is 119 Å². The zero-order chi connectivity index (χ0) is 38.3. The van der Waals surface area contributed by atoms with Gasteiger partial charge in [-0.1, -0.05) is 24.3 Å². The third kappa shape index (κ3) is 7.14. The summed E-state index contributed by atoms with van der Waals surface area (Å²) in [7, 11) is 0. The molecule has 2 N–H and O–H groups in total. The molecular formula is C44H49FN8O3. The molecule has 0 bridgehead atoms. The van der Waals surface area contributed by atoms with Gasteiger partial charge in [0.2, 0.25) is 11.8 Å². The van der Waals surface area contributed by atoms with Crippen LogP contribution in [0, 0.1) is 23.1 Å². The highest BCUT2D eigenvalue weighted by Crippen LogP contribution is 2.36. The molecule has 3 amide bonds. The van der Waals surface area contributed by atoms with Crippen LogP contribution >= 0.6 is 0 Å². The number of carbonyl (C=O) groups is 3. The van der Waals surface area contributed by atoms with E-state index in [4.69, 9.17) is 0 Å². The van der Waals surface area contributed by atoms with E-state index in [1.807, 2.05) is 18.2 Å². The second-order valence-electron chi connectivity index (χ2n) is 16.4. The highest BCUT2D eigenvalue weighted by atomic mass is 19.1. The molecule has 56 heavy (non-hydrogen) atoms. The summed E-state index contributed by atoms with van der Waals surface area (Å²) in [6.07, 6.45) is 6.61. The van der Waals surface area contributed by atoms with Gasteiger partial charge in [-0.2, -0.15) is 5.26 Å². The number of hydrogen-bond acceptors (Lipinski definition) is 8. The van der Waals surface area contributed by atoms with Crippen molar-refractivity contribution in [1.29, 1.82) is 5.26 Å². The Bertz CT molecular complexity index is 2170.